The number of carbonyl (C=O) groups is 1. The van der Waals surface area contributed by atoms with E-state index in [2.05, 4.69) is 44.7 Å². The van der Waals surface area contributed by atoms with E-state index in [1.54, 1.807) is 0 Å². The molecule has 0 heterocycles. The Labute approximate surface area is 114 Å². The Morgan fingerprint density at radius 1 is 1.26 bits per heavy atom. The molecule has 0 aliphatic rings. The van der Waals surface area contributed by atoms with Crippen molar-refractivity contribution in [2.45, 2.75) is 40.2 Å². The molecule has 0 spiro atoms. The van der Waals surface area contributed by atoms with Crippen molar-refractivity contribution in [2.24, 2.45) is 5.41 Å². The van der Waals surface area contributed by atoms with E-state index in [0.717, 1.165) is 5.56 Å². The maximum Gasteiger partial charge on any atom is 0.367 e. The van der Waals surface area contributed by atoms with E-state index in [4.69, 9.17) is 9.99 Å². The van der Waals surface area contributed by atoms with Gasteiger partial charge in [0.1, 0.15) is 6.61 Å². The molecule has 0 saturated heterocycles. The van der Waals surface area contributed by atoms with Crippen LogP contribution >= 0.6 is 0 Å². The van der Waals surface area contributed by atoms with Gasteiger partial charge < -0.3 is 4.74 Å². The molecule has 0 saturated carbocycles. The fourth-order valence-corrected chi connectivity index (χ4v) is 1.68. The number of ether oxygens (including phenoxy) is 1. The van der Waals surface area contributed by atoms with Crippen LogP contribution in [0.15, 0.2) is 24.3 Å². The van der Waals surface area contributed by atoms with Gasteiger partial charge in [-0.05, 0) is 22.5 Å². The van der Waals surface area contributed by atoms with Crippen molar-refractivity contribution in [1.82, 2.24) is 0 Å². The molecular weight excluding hydrogens is 244 g/mol. The van der Waals surface area contributed by atoms with Crippen molar-refractivity contribution in [2.75, 3.05) is 6.61 Å². The molecular formula is C15H22O4. The molecule has 1 rings (SSSR count). The minimum absolute atomic E-state index is 0.225. The van der Waals surface area contributed by atoms with E-state index in [1.807, 2.05) is 12.1 Å². The summed E-state index contributed by atoms with van der Waals surface area (Å²) >= 11 is 0. The first kappa shape index (κ1) is 15.7. The van der Waals surface area contributed by atoms with Crippen LogP contribution in [0.25, 0.3) is 0 Å². The smallest absolute Gasteiger partial charge is 0.365 e. The molecule has 0 radical (unpaired) electrons. The molecule has 0 aliphatic carbocycles. The quantitative estimate of drug-likeness (QED) is 0.655. The second-order valence-corrected chi connectivity index (χ2v) is 5.79. The molecule has 19 heavy (non-hydrogen) atoms. The van der Waals surface area contributed by atoms with E-state index in [-0.39, 0.29) is 12.0 Å². The summed E-state index contributed by atoms with van der Waals surface area (Å²) in [6, 6.07) is 8.14. The van der Waals surface area contributed by atoms with Crippen molar-refractivity contribution in [3.8, 4) is 0 Å². The van der Waals surface area contributed by atoms with Crippen LogP contribution in [-0.2, 0) is 21.0 Å². The lowest BCUT2D eigenvalue weighted by atomic mass is 9.78. The molecule has 1 aromatic carbocycles. The SMILES string of the molecule is CC(c1ccc(COCC(=O)OO)cc1)C(C)(C)C. The normalized spacial score (nSPS) is 13.1. The lowest BCUT2D eigenvalue weighted by molar-refractivity contribution is -0.238. The summed E-state index contributed by atoms with van der Waals surface area (Å²) in [5, 5.41) is 8.08. The Hall–Kier alpha value is -1.39. The highest BCUT2D eigenvalue weighted by Gasteiger charge is 2.21. The van der Waals surface area contributed by atoms with Gasteiger partial charge in [-0.25, -0.2) is 4.79 Å². The van der Waals surface area contributed by atoms with E-state index in [9.17, 15) is 4.79 Å². The highest BCUT2D eigenvalue weighted by molar-refractivity contribution is 5.69. The van der Waals surface area contributed by atoms with Gasteiger partial charge in [-0.2, -0.15) is 5.26 Å². The maximum absolute atomic E-state index is 10.7. The van der Waals surface area contributed by atoms with E-state index >= 15 is 0 Å². The van der Waals surface area contributed by atoms with Crippen molar-refractivity contribution in [3.05, 3.63) is 35.4 Å². The van der Waals surface area contributed by atoms with Crippen LogP contribution in [-0.4, -0.2) is 17.8 Å². The standard InChI is InChI=1S/C15H22O4/c1-11(15(2,3)4)13-7-5-12(6-8-13)9-18-10-14(16)19-17/h5-8,11,17H,9-10H2,1-4H3. The molecule has 0 aliphatic heterocycles. The Kier molecular flexibility index (Phi) is 5.51. The Morgan fingerprint density at radius 3 is 2.32 bits per heavy atom. The van der Waals surface area contributed by atoms with Crippen molar-refractivity contribution < 1.29 is 19.7 Å². The predicted octanol–water partition coefficient (Wildman–Crippen LogP) is 3.37. The molecule has 4 nitrogen and oxygen atoms in total. The third-order valence-corrected chi connectivity index (χ3v) is 3.37. The van der Waals surface area contributed by atoms with Crippen molar-refractivity contribution in [1.29, 1.82) is 0 Å². The van der Waals surface area contributed by atoms with E-state index in [1.165, 1.54) is 5.56 Å². The molecule has 0 bridgehead atoms. The van der Waals surface area contributed by atoms with Crippen molar-refractivity contribution >= 4 is 5.97 Å². The van der Waals surface area contributed by atoms with E-state index in [0.29, 0.717) is 12.5 Å². The van der Waals surface area contributed by atoms with E-state index < -0.39 is 5.97 Å². The largest absolute Gasteiger partial charge is 0.367 e. The lowest BCUT2D eigenvalue weighted by Gasteiger charge is -2.27. The average Bonchev–Trinajstić information content (AvgIpc) is 2.37. The molecule has 1 N–H and O–H groups in total. The third kappa shape index (κ3) is 5.01. The Balaban J connectivity index is 2.55. The highest BCUT2D eigenvalue weighted by Crippen LogP contribution is 2.34. The minimum atomic E-state index is -0.794. The Bertz CT molecular complexity index is 403. The monoisotopic (exact) mass is 266 g/mol. The first-order valence-corrected chi connectivity index (χ1v) is 6.35. The first-order valence-electron chi connectivity index (χ1n) is 6.35. The van der Waals surface area contributed by atoms with Crippen LogP contribution < -0.4 is 0 Å². The number of hydrogen-bond donors (Lipinski definition) is 1. The summed E-state index contributed by atoms with van der Waals surface area (Å²) < 4.78 is 5.11. The fourth-order valence-electron chi connectivity index (χ4n) is 1.68. The Morgan fingerprint density at radius 2 is 1.84 bits per heavy atom. The van der Waals surface area contributed by atoms with Gasteiger partial charge in [0.2, 0.25) is 0 Å². The summed E-state index contributed by atoms with van der Waals surface area (Å²) in [6.07, 6.45) is 0. The molecule has 0 aromatic heterocycles. The number of rotatable bonds is 5. The van der Waals surface area contributed by atoms with Gasteiger partial charge in [-0.1, -0.05) is 52.0 Å². The molecule has 1 unspecified atom stereocenters. The molecule has 4 heteroatoms. The van der Waals surface area contributed by atoms with Crippen molar-refractivity contribution in [3.63, 3.8) is 0 Å². The van der Waals surface area contributed by atoms with Gasteiger partial charge in [0.05, 0.1) is 6.61 Å². The number of hydrogen-bond acceptors (Lipinski definition) is 4. The van der Waals surface area contributed by atoms with Crippen LogP contribution in [0.1, 0.15) is 44.7 Å². The molecule has 1 atom stereocenters. The lowest BCUT2D eigenvalue weighted by Crippen LogP contribution is -2.15. The van der Waals surface area contributed by atoms with Gasteiger partial charge in [0.25, 0.3) is 0 Å². The summed E-state index contributed by atoms with van der Waals surface area (Å²) in [6.45, 7) is 8.93. The van der Waals surface area contributed by atoms with Crippen LogP contribution in [0, 0.1) is 5.41 Å². The molecule has 106 valence electrons. The second kappa shape index (κ2) is 6.68. The van der Waals surface area contributed by atoms with Crippen LogP contribution in [0.4, 0.5) is 0 Å². The first-order chi connectivity index (χ1) is 8.84. The van der Waals surface area contributed by atoms with Gasteiger partial charge in [0.15, 0.2) is 0 Å². The summed E-state index contributed by atoms with van der Waals surface area (Å²) in [5.41, 5.74) is 2.49. The second-order valence-electron chi connectivity index (χ2n) is 5.79. The van der Waals surface area contributed by atoms with Crippen LogP contribution in [0.2, 0.25) is 0 Å². The summed E-state index contributed by atoms with van der Waals surface area (Å²) in [7, 11) is 0. The van der Waals surface area contributed by atoms with Gasteiger partial charge in [-0.15, -0.1) is 0 Å². The van der Waals surface area contributed by atoms with Crippen LogP contribution in [0.3, 0.4) is 0 Å². The highest BCUT2D eigenvalue weighted by atomic mass is 17.1. The summed E-state index contributed by atoms with van der Waals surface area (Å²) in [4.78, 5) is 14.2. The zero-order chi connectivity index (χ0) is 14.5. The number of benzene rings is 1. The molecule has 0 amide bonds. The summed E-state index contributed by atoms with van der Waals surface area (Å²) in [5.74, 6) is -0.329. The topological polar surface area (TPSA) is 55.8 Å². The van der Waals surface area contributed by atoms with Gasteiger partial charge in [0, 0.05) is 0 Å². The zero-order valence-corrected chi connectivity index (χ0v) is 12.0. The number of carbonyl (C=O) groups excluding carboxylic acids is 1. The fraction of sp³-hybridized carbons (Fsp3) is 0.533. The van der Waals surface area contributed by atoms with Crippen LogP contribution in [0.5, 0.6) is 0 Å². The minimum Gasteiger partial charge on any atom is -0.365 e. The average molecular weight is 266 g/mol. The maximum atomic E-state index is 10.7. The third-order valence-electron chi connectivity index (χ3n) is 3.37. The molecule has 0 fully saturated rings. The van der Waals surface area contributed by atoms with Gasteiger partial charge in [-0.3, -0.25) is 4.89 Å². The molecule has 1 aromatic rings. The van der Waals surface area contributed by atoms with Gasteiger partial charge >= 0.3 is 5.97 Å². The predicted molar refractivity (Wildman–Crippen MR) is 72.7 cm³/mol. The zero-order valence-electron chi connectivity index (χ0n) is 12.0.